The van der Waals surface area contributed by atoms with Crippen LogP contribution in [0.3, 0.4) is 0 Å². The molecule has 0 aliphatic carbocycles. The maximum Gasteiger partial charge on any atom is 0.298 e. The standard InChI is InChI=1S/C50H41BN2OS/c1-49(2,3)42-32-18-9-7-16-30(32)26-28-36(42)52-38-22-15-23-39-45(38)51(47-46(52)34-20-11-13-24-40(34)54-47)44-35-21-12-14-25-41(35)55-48(44)53(39)37-29-27-31-17-8-10-19-33(31)43(37)50(4,5)6/h7-29H,1-6H3. The van der Waals surface area contributed by atoms with Crippen molar-refractivity contribution in [2.45, 2.75) is 52.4 Å². The molecule has 7 aromatic carbocycles. The molecule has 2 aliphatic heterocycles. The van der Waals surface area contributed by atoms with E-state index in [1.165, 1.54) is 81.4 Å². The Morgan fingerprint density at radius 1 is 0.473 bits per heavy atom. The first-order chi connectivity index (χ1) is 26.6. The summed E-state index contributed by atoms with van der Waals surface area (Å²) in [5.41, 5.74) is 12.9. The first-order valence-electron chi connectivity index (χ1n) is 19.4. The van der Waals surface area contributed by atoms with Gasteiger partial charge in [0.25, 0.3) is 6.71 Å². The van der Waals surface area contributed by atoms with Crippen molar-refractivity contribution < 1.29 is 4.42 Å². The van der Waals surface area contributed by atoms with Crippen molar-refractivity contribution in [3.63, 3.8) is 0 Å². The largest absolute Gasteiger partial charge is 0.468 e. The Morgan fingerprint density at radius 3 is 1.64 bits per heavy atom. The maximum atomic E-state index is 7.20. The molecule has 0 atom stereocenters. The summed E-state index contributed by atoms with van der Waals surface area (Å²) < 4.78 is 8.49. The highest BCUT2D eigenvalue weighted by Crippen LogP contribution is 2.53. The van der Waals surface area contributed by atoms with Gasteiger partial charge in [0.2, 0.25) is 0 Å². The lowest BCUT2D eigenvalue weighted by Gasteiger charge is -2.43. The van der Waals surface area contributed by atoms with Gasteiger partial charge in [0, 0.05) is 21.5 Å². The number of anilines is 6. The topological polar surface area (TPSA) is 19.6 Å². The number of furan rings is 1. The molecule has 266 valence electrons. The molecule has 4 heterocycles. The van der Waals surface area contributed by atoms with Gasteiger partial charge >= 0.3 is 0 Å². The molecule has 9 aromatic rings. The van der Waals surface area contributed by atoms with Crippen LogP contribution in [-0.4, -0.2) is 6.71 Å². The summed E-state index contributed by atoms with van der Waals surface area (Å²) >= 11 is 1.90. The summed E-state index contributed by atoms with van der Waals surface area (Å²) in [6, 6.07) is 51.6. The van der Waals surface area contributed by atoms with Crippen LogP contribution in [0, 0.1) is 0 Å². The van der Waals surface area contributed by atoms with Crippen LogP contribution in [0.4, 0.5) is 33.4 Å². The molecule has 5 heteroatoms. The fourth-order valence-corrected chi connectivity index (χ4v) is 11.1. The summed E-state index contributed by atoms with van der Waals surface area (Å²) in [6.45, 7) is 14.0. The molecule has 0 saturated carbocycles. The molecular formula is C50H41BN2OS. The number of thiophene rings is 1. The van der Waals surface area contributed by atoms with Crippen molar-refractivity contribution in [3.8, 4) is 0 Å². The first kappa shape index (κ1) is 32.6. The second-order valence-corrected chi connectivity index (χ2v) is 18.3. The minimum absolute atomic E-state index is 0.0932. The zero-order chi connectivity index (χ0) is 37.4. The minimum Gasteiger partial charge on any atom is -0.468 e. The summed E-state index contributed by atoms with van der Waals surface area (Å²) in [5.74, 6) is 0. The number of para-hydroxylation sites is 1. The first-order valence-corrected chi connectivity index (χ1v) is 20.2. The van der Waals surface area contributed by atoms with Gasteiger partial charge in [-0.2, -0.15) is 0 Å². The van der Waals surface area contributed by atoms with E-state index in [0.717, 1.165) is 22.3 Å². The highest BCUT2D eigenvalue weighted by molar-refractivity contribution is 7.26. The number of rotatable bonds is 2. The number of benzene rings is 7. The lowest BCUT2D eigenvalue weighted by molar-refractivity contribution is 0.596. The Balaban J connectivity index is 1.30. The lowest BCUT2D eigenvalue weighted by atomic mass is 9.35. The predicted molar refractivity (Wildman–Crippen MR) is 238 cm³/mol. The monoisotopic (exact) mass is 728 g/mol. The quantitative estimate of drug-likeness (QED) is 0.165. The molecule has 2 aliphatic rings. The fraction of sp³-hybridized carbons (Fsp3) is 0.160. The van der Waals surface area contributed by atoms with Gasteiger partial charge in [0.1, 0.15) is 5.58 Å². The summed E-state index contributed by atoms with van der Waals surface area (Å²) in [7, 11) is 0. The van der Waals surface area contributed by atoms with Gasteiger partial charge in [-0.1, -0.05) is 139 Å². The molecular weight excluding hydrogens is 687 g/mol. The van der Waals surface area contributed by atoms with E-state index in [9.17, 15) is 0 Å². The molecule has 0 spiro atoms. The molecule has 11 rings (SSSR count). The van der Waals surface area contributed by atoms with E-state index in [1.807, 2.05) is 11.3 Å². The van der Waals surface area contributed by atoms with Crippen molar-refractivity contribution in [1.29, 1.82) is 0 Å². The predicted octanol–water partition coefficient (Wildman–Crippen LogP) is 12.6. The summed E-state index contributed by atoms with van der Waals surface area (Å²) in [4.78, 5) is 5.14. The molecule has 3 nitrogen and oxygen atoms in total. The Hall–Kier alpha value is -5.78. The average molecular weight is 729 g/mol. The normalized spacial score (nSPS) is 13.9. The van der Waals surface area contributed by atoms with Crippen LogP contribution in [0.2, 0.25) is 0 Å². The lowest BCUT2D eigenvalue weighted by Crippen LogP contribution is -2.60. The molecule has 55 heavy (non-hydrogen) atoms. The van der Waals surface area contributed by atoms with Gasteiger partial charge in [-0.3, -0.25) is 0 Å². The number of hydrogen-bond acceptors (Lipinski definition) is 4. The third kappa shape index (κ3) is 4.57. The van der Waals surface area contributed by atoms with E-state index in [4.69, 9.17) is 4.42 Å². The van der Waals surface area contributed by atoms with Gasteiger partial charge in [-0.15, -0.1) is 11.3 Å². The van der Waals surface area contributed by atoms with E-state index in [1.54, 1.807) is 0 Å². The van der Waals surface area contributed by atoms with Crippen molar-refractivity contribution in [3.05, 3.63) is 151 Å². The van der Waals surface area contributed by atoms with E-state index in [0.29, 0.717) is 0 Å². The molecule has 2 aromatic heterocycles. The molecule has 0 bridgehead atoms. The Kier molecular flexibility index (Phi) is 6.75. The maximum absolute atomic E-state index is 7.20. The highest BCUT2D eigenvalue weighted by atomic mass is 32.1. The van der Waals surface area contributed by atoms with Crippen LogP contribution in [0.15, 0.2) is 144 Å². The molecule has 0 N–H and O–H groups in total. The van der Waals surface area contributed by atoms with Crippen LogP contribution in [-0.2, 0) is 10.8 Å². The fourth-order valence-electron chi connectivity index (χ4n) is 9.80. The van der Waals surface area contributed by atoms with Crippen molar-refractivity contribution in [2.24, 2.45) is 0 Å². The van der Waals surface area contributed by atoms with Crippen molar-refractivity contribution in [1.82, 2.24) is 0 Å². The van der Waals surface area contributed by atoms with Crippen LogP contribution in [0.25, 0.3) is 42.6 Å². The van der Waals surface area contributed by atoms with E-state index in [-0.39, 0.29) is 17.5 Å². The highest BCUT2D eigenvalue weighted by Gasteiger charge is 2.49. The zero-order valence-corrected chi connectivity index (χ0v) is 32.9. The molecule has 0 radical (unpaired) electrons. The van der Waals surface area contributed by atoms with Crippen molar-refractivity contribution >= 4 is 111 Å². The second kappa shape index (κ2) is 11.4. The molecule has 0 amide bonds. The minimum atomic E-state index is -0.142. The van der Waals surface area contributed by atoms with Gasteiger partial charge in [0.15, 0.2) is 0 Å². The van der Waals surface area contributed by atoms with Gasteiger partial charge < -0.3 is 14.2 Å². The van der Waals surface area contributed by atoms with E-state index >= 15 is 0 Å². The Labute approximate surface area is 326 Å². The number of nitrogens with zero attached hydrogens (tertiary/aromatic N) is 2. The van der Waals surface area contributed by atoms with E-state index in [2.05, 4.69) is 191 Å². The molecule has 0 unspecified atom stereocenters. The van der Waals surface area contributed by atoms with Crippen molar-refractivity contribution in [2.75, 3.05) is 9.80 Å². The van der Waals surface area contributed by atoms with Gasteiger partial charge in [0.05, 0.1) is 27.7 Å². The SMILES string of the molecule is CC(C)(C)c1c(N2c3cccc4c3B(c3oc5ccccc5c3N4c3ccc4ccccc4c3C(C)(C)C)c3c2sc2ccccc32)ccc2ccccc12. The Bertz CT molecular complexity index is 3050. The Morgan fingerprint density at radius 2 is 1.00 bits per heavy atom. The van der Waals surface area contributed by atoms with Gasteiger partial charge in [-0.05, 0) is 102 Å². The molecule has 0 fully saturated rings. The smallest absolute Gasteiger partial charge is 0.298 e. The summed E-state index contributed by atoms with van der Waals surface area (Å²) in [6.07, 6.45) is 0. The number of hydrogen-bond donors (Lipinski definition) is 0. The van der Waals surface area contributed by atoms with Crippen LogP contribution in [0.1, 0.15) is 52.7 Å². The van der Waals surface area contributed by atoms with Crippen LogP contribution in [0.5, 0.6) is 0 Å². The van der Waals surface area contributed by atoms with E-state index < -0.39 is 0 Å². The molecule has 0 saturated heterocycles. The second-order valence-electron chi connectivity index (χ2n) is 17.3. The zero-order valence-electron chi connectivity index (χ0n) is 32.1. The number of fused-ring (bicyclic) bond motifs is 10. The van der Waals surface area contributed by atoms with Gasteiger partial charge in [-0.25, -0.2) is 0 Å². The van der Waals surface area contributed by atoms with Crippen LogP contribution >= 0.6 is 11.3 Å². The summed E-state index contributed by atoms with van der Waals surface area (Å²) in [5, 5.41) is 8.79. The third-order valence-electron chi connectivity index (χ3n) is 11.8. The third-order valence-corrected chi connectivity index (χ3v) is 13.0. The van der Waals surface area contributed by atoms with Crippen LogP contribution < -0.4 is 26.4 Å². The average Bonchev–Trinajstić information content (AvgIpc) is 3.75.